The highest BCUT2D eigenvalue weighted by molar-refractivity contribution is 5.71. The van der Waals surface area contributed by atoms with E-state index in [0.717, 1.165) is 0 Å². The molecular formula is C13H23NO5. The average molecular weight is 273 g/mol. The number of carboxylic acid groups (broad SMARTS) is 1. The van der Waals surface area contributed by atoms with E-state index in [9.17, 15) is 9.59 Å². The van der Waals surface area contributed by atoms with E-state index < -0.39 is 23.3 Å². The maximum atomic E-state index is 11.9. The van der Waals surface area contributed by atoms with Gasteiger partial charge in [0.05, 0.1) is 18.6 Å². The summed E-state index contributed by atoms with van der Waals surface area (Å²) in [5.41, 5.74) is -1.34. The molecule has 0 aromatic carbocycles. The lowest BCUT2D eigenvalue weighted by atomic mass is 9.98. The number of nitrogens with zero attached hydrogens (tertiary/aromatic N) is 1. The molecule has 6 nitrogen and oxygen atoms in total. The zero-order valence-electron chi connectivity index (χ0n) is 12.1. The molecule has 0 saturated carbocycles. The smallest absolute Gasteiger partial charge is 0.410 e. The Labute approximate surface area is 113 Å². The van der Waals surface area contributed by atoms with Crippen molar-refractivity contribution in [2.24, 2.45) is 0 Å². The van der Waals surface area contributed by atoms with E-state index in [-0.39, 0.29) is 13.0 Å². The summed E-state index contributed by atoms with van der Waals surface area (Å²) in [4.78, 5) is 24.4. The Kier molecular flexibility index (Phi) is 4.79. The van der Waals surface area contributed by atoms with E-state index >= 15 is 0 Å². The molecule has 1 rings (SSSR count). The fourth-order valence-corrected chi connectivity index (χ4v) is 2.22. The van der Waals surface area contributed by atoms with E-state index in [1.807, 2.05) is 6.92 Å². The van der Waals surface area contributed by atoms with Crippen molar-refractivity contribution in [3.8, 4) is 0 Å². The zero-order valence-corrected chi connectivity index (χ0v) is 12.1. The van der Waals surface area contributed by atoms with Crippen molar-refractivity contribution in [3.63, 3.8) is 0 Å². The Morgan fingerprint density at radius 1 is 1.37 bits per heavy atom. The maximum absolute atomic E-state index is 11.9. The topological polar surface area (TPSA) is 76.1 Å². The lowest BCUT2D eigenvalue weighted by Gasteiger charge is -2.28. The summed E-state index contributed by atoms with van der Waals surface area (Å²) in [6.07, 6.45) is 0.00598. The number of ether oxygens (including phenoxy) is 2. The Bertz CT molecular complexity index is 349. The van der Waals surface area contributed by atoms with Crippen molar-refractivity contribution in [2.75, 3.05) is 19.7 Å². The first-order chi connectivity index (χ1) is 8.67. The van der Waals surface area contributed by atoms with Gasteiger partial charge in [-0.05, 0) is 34.1 Å². The van der Waals surface area contributed by atoms with Crippen molar-refractivity contribution in [3.05, 3.63) is 0 Å². The third-order valence-electron chi connectivity index (χ3n) is 2.89. The third-order valence-corrected chi connectivity index (χ3v) is 2.89. The SMILES string of the molecule is CCOC1(CC(=O)O)CCN(C(=O)OC(C)(C)C)C1. The molecule has 0 spiro atoms. The van der Waals surface area contributed by atoms with Gasteiger partial charge in [0, 0.05) is 13.2 Å². The predicted molar refractivity (Wildman–Crippen MR) is 69.0 cm³/mol. The first kappa shape index (κ1) is 15.8. The summed E-state index contributed by atoms with van der Waals surface area (Å²) in [6, 6.07) is 0. The van der Waals surface area contributed by atoms with Crippen LogP contribution in [0, 0.1) is 0 Å². The van der Waals surface area contributed by atoms with Gasteiger partial charge in [-0.1, -0.05) is 0 Å². The highest BCUT2D eigenvalue weighted by Crippen LogP contribution is 2.30. The van der Waals surface area contributed by atoms with E-state index in [1.54, 1.807) is 20.8 Å². The fraction of sp³-hybridized carbons (Fsp3) is 0.846. The first-order valence-electron chi connectivity index (χ1n) is 6.51. The molecule has 1 heterocycles. The zero-order chi connectivity index (χ0) is 14.7. The van der Waals surface area contributed by atoms with E-state index in [2.05, 4.69) is 0 Å². The van der Waals surface area contributed by atoms with Gasteiger partial charge in [-0.25, -0.2) is 4.79 Å². The number of hydrogen-bond donors (Lipinski definition) is 1. The number of carbonyl (C=O) groups excluding carboxylic acids is 1. The van der Waals surface area contributed by atoms with Crippen LogP contribution in [0.25, 0.3) is 0 Å². The van der Waals surface area contributed by atoms with Crippen LogP contribution in [0.3, 0.4) is 0 Å². The lowest BCUT2D eigenvalue weighted by molar-refractivity contribution is -0.144. The van der Waals surface area contributed by atoms with Crippen LogP contribution >= 0.6 is 0 Å². The number of aliphatic carboxylic acids is 1. The summed E-state index contributed by atoms with van der Waals surface area (Å²) in [5.74, 6) is -0.917. The Balaban J connectivity index is 2.68. The van der Waals surface area contributed by atoms with Crippen molar-refractivity contribution in [1.29, 1.82) is 0 Å². The second-order valence-electron chi connectivity index (χ2n) is 5.84. The van der Waals surface area contributed by atoms with Crippen LogP contribution in [0.1, 0.15) is 40.5 Å². The molecule has 1 saturated heterocycles. The summed E-state index contributed by atoms with van der Waals surface area (Å²) >= 11 is 0. The standard InChI is InChI=1S/C13H23NO5/c1-5-18-13(8-10(15)16)6-7-14(9-13)11(17)19-12(2,3)4/h5-9H2,1-4H3,(H,15,16). The van der Waals surface area contributed by atoms with Gasteiger partial charge in [-0.15, -0.1) is 0 Å². The van der Waals surface area contributed by atoms with Crippen molar-refractivity contribution >= 4 is 12.1 Å². The molecule has 6 heteroatoms. The van der Waals surface area contributed by atoms with Crippen LogP contribution in [0.4, 0.5) is 4.79 Å². The van der Waals surface area contributed by atoms with Crippen LogP contribution in [0.15, 0.2) is 0 Å². The van der Waals surface area contributed by atoms with Gasteiger partial charge in [-0.2, -0.15) is 0 Å². The van der Waals surface area contributed by atoms with Gasteiger partial charge in [0.15, 0.2) is 0 Å². The molecule has 0 aromatic heterocycles. The summed E-state index contributed by atoms with van der Waals surface area (Å²) in [7, 11) is 0. The molecule has 110 valence electrons. The summed E-state index contributed by atoms with van der Waals surface area (Å²) in [6.45, 7) is 8.37. The molecule has 0 radical (unpaired) electrons. The Morgan fingerprint density at radius 3 is 2.47 bits per heavy atom. The van der Waals surface area contributed by atoms with Crippen molar-refractivity contribution in [1.82, 2.24) is 4.90 Å². The monoisotopic (exact) mass is 273 g/mol. The van der Waals surface area contributed by atoms with Crippen molar-refractivity contribution in [2.45, 2.75) is 51.7 Å². The lowest BCUT2D eigenvalue weighted by Crippen LogP contribution is -2.41. The average Bonchev–Trinajstić information content (AvgIpc) is 2.59. The third kappa shape index (κ3) is 4.70. The van der Waals surface area contributed by atoms with Gasteiger partial charge in [0.25, 0.3) is 0 Å². The van der Waals surface area contributed by atoms with Crippen LogP contribution in [-0.4, -0.2) is 53.0 Å². The first-order valence-corrected chi connectivity index (χ1v) is 6.51. The minimum absolute atomic E-state index is 0.0971. The fourth-order valence-electron chi connectivity index (χ4n) is 2.22. The van der Waals surface area contributed by atoms with Crippen LogP contribution in [0.5, 0.6) is 0 Å². The molecule has 1 aliphatic heterocycles. The molecule has 1 fully saturated rings. The Morgan fingerprint density at radius 2 is 2.00 bits per heavy atom. The predicted octanol–water partition coefficient (Wildman–Crippen LogP) is 1.88. The van der Waals surface area contributed by atoms with E-state index in [4.69, 9.17) is 14.6 Å². The summed E-state index contributed by atoms with van der Waals surface area (Å²) in [5, 5.41) is 8.96. The van der Waals surface area contributed by atoms with Gasteiger partial charge >= 0.3 is 12.1 Å². The summed E-state index contributed by atoms with van der Waals surface area (Å²) < 4.78 is 10.9. The minimum atomic E-state index is -0.917. The van der Waals surface area contributed by atoms with E-state index in [1.165, 1.54) is 4.90 Å². The Hall–Kier alpha value is -1.30. The van der Waals surface area contributed by atoms with Crippen molar-refractivity contribution < 1.29 is 24.2 Å². The second-order valence-corrected chi connectivity index (χ2v) is 5.84. The minimum Gasteiger partial charge on any atom is -0.481 e. The molecule has 1 unspecified atom stereocenters. The molecule has 0 aliphatic carbocycles. The molecular weight excluding hydrogens is 250 g/mol. The van der Waals surface area contributed by atoms with E-state index in [0.29, 0.717) is 19.6 Å². The maximum Gasteiger partial charge on any atom is 0.410 e. The normalized spacial score (nSPS) is 23.5. The molecule has 19 heavy (non-hydrogen) atoms. The molecule has 1 atom stereocenters. The molecule has 0 aromatic rings. The van der Waals surface area contributed by atoms with Gasteiger partial charge in [0.1, 0.15) is 5.60 Å². The molecule has 1 aliphatic rings. The molecule has 1 amide bonds. The second kappa shape index (κ2) is 5.77. The van der Waals surface area contributed by atoms with Crippen LogP contribution in [-0.2, 0) is 14.3 Å². The number of likely N-dealkylation sites (tertiary alicyclic amines) is 1. The number of carbonyl (C=O) groups is 2. The molecule has 0 bridgehead atoms. The van der Waals surface area contributed by atoms with Gasteiger partial charge < -0.3 is 19.5 Å². The highest BCUT2D eigenvalue weighted by Gasteiger charge is 2.43. The largest absolute Gasteiger partial charge is 0.481 e. The number of amides is 1. The van der Waals surface area contributed by atoms with Gasteiger partial charge in [0.2, 0.25) is 0 Å². The quantitative estimate of drug-likeness (QED) is 0.846. The molecule has 1 N–H and O–H groups in total. The van der Waals surface area contributed by atoms with Crippen LogP contribution in [0.2, 0.25) is 0 Å². The van der Waals surface area contributed by atoms with Crippen LogP contribution < -0.4 is 0 Å². The van der Waals surface area contributed by atoms with Gasteiger partial charge in [-0.3, -0.25) is 4.79 Å². The number of rotatable bonds is 4. The highest BCUT2D eigenvalue weighted by atomic mass is 16.6. The number of carboxylic acids is 1. The number of hydrogen-bond acceptors (Lipinski definition) is 4.